The highest BCUT2D eigenvalue weighted by molar-refractivity contribution is 9.10. The Hall–Kier alpha value is -2.19. The maximum atomic E-state index is 13.3. The van der Waals surface area contributed by atoms with Crippen LogP contribution in [0.1, 0.15) is 44.1 Å². The summed E-state index contributed by atoms with van der Waals surface area (Å²) < 4.78 is 8.07. The van der Waals surface area contributed by atoms with Crippen LogP contribution in [0.4, 0.5) is 5.69 Å². The van der Waals surface area contributed by atoms with Crippen molar-refractivity contribution in [1.29, 1.82) is 0 Å². The van der Waals surface area contributed by atoms with Crippen molar-refractivity contribution in [3.63, 3.8) is 0 Å². The lowest BCUT2D eigenvalue weighted by atomic mass is 9.73. The fourth-order valence-corrected chi connectivity index (χ4v) is 4.66. The van der Waals surface area contributed by atoms with Gasteiger partial charge in [-0.3, -0.25) is 14.3 Å². The molecule has 2 heterocycles. The Labute approximate surface area is 184 Å². The fraction of sp³-hybridized carbons (Fsp3) is 0.500. The monoisotopic (exact) mass is 474 g/mol. The van der Waals surface area contributed by atoms with Gasteiger partial charge in [0.05, 0.1) is 17.3 Å². The Bertz CT molecular complexity index is 884. The molecule has 0 radical (unpaired) electrons. The van der Waals surface area contributed by atoms with E-state index in [-0.39, 0.29) is 24.4 Å². The zero-order valence-corrected chi connectivity index (χ0v) is 18.5. The molecule has 2 amide bonds. The minimum absolute atomic E-state index is 0.0429. The van der Waals surface area contributed by atoms with E-state index in [0.717, 1.165) is 22.9 Å². The minimum Gasteiger partial charge on any atom is -0.381 e. The van der Waals surface area contributed by atoms with Crippen LogP contribution in [-0.4, -0.2) is 40.9 Å². The molecule has 30 heavy (non-hydrogen) atoms. The molecular weight excluding hydrogens is 448 g/mol. The first-order chi connectivity index (χ1) is 14.5. The van der Waals surface area contributed by atoms with Gasteiger partial charge in [0, 0.05) is 29.9 Å². The van der Waals surface area contributed by atoms with E-state index in [0.29, 0.717) is 31.7 Å². The van der Waals surface area contributed by atoms with Crippen molar-refractivity contribution in [2.45, 2.75) is 56.5 Å². The van der Waals surface area contributed by atoms with E-state index in [4.69, 9.17) is 4.74 Å². The topological polar surface area (TPSA) is 85.2 Å². The summed E-state index contributed by atoms with van der Waals surface area (Å²) in [6.45, 7) is 1.24. The Morgan fingerprint density at radius 2 is 1.87 bits per heavy atom. The number of hydrogen-bond donors (Lipinski definition) is 2. The summed E-state index contributed by atoms with van der Waals surface area (Å²) in [5, 5.41) is 10.3. The van der Waals surface area contributed by atoms with Crippen LogP contribution in [-0.2, 0) is 26.3 Å². The molecule has 1 aliphatic heterocycles. The first kappa shape index (κ1) is 21.1. The van der Waals surface area contributed by atoms with E-state index >= 15 is 0 Å². The fourth-order valence-electron chi connectivity index (χ4n) is 4.39. The SMILES string of the molecule is O=C(Cn1cc(NC(=O)C2(c3ccc(Br)cc3)CCOCC2)cn1)NC1CCCC1. The number of aromatic nitrogens is 2. The lowest BCUT2D eigenvalue weighted by Crippen LogP contribution is -2.44. The minimum atomic E-state index is -0.638. The molecule has 0 spiro atoms. The molecule has 160 valence electrons. The molecule has 1 aromatic heterocycles. The van der Waals surface area contributed by atoms with Crippen LogP contribution in [0.3, 0.4) is 0 Å². The molecule has 7 nitrogen and oxygen atoms in total. The normalized spacial score (nSPS) is 18.8. The molecule has 0 atom stereocenters. The van der Waals surface area contributed by atoms with Gasteiger partial charge in [-0.1, -0.05) is 40.9 Å². The number of halogens is 1. The third kappa shape index (κ3) is 4.75. The van der Waals surface area contributed by atoms with Crippen molar-refractivity contribution in [3.8, 4) is 0 Å². The van der Waals surface area contributed by atoms with Crippen LogP contribution < -0.4 is 10.6 Å². The molecule has 0 bridgehead atoms. The number of anilines is 1. The summed E-state index contributed by atoms with van der Waals surface area (Å²) in [4.78, 5) is 25.6. The maximum absolute atomic E-state index is 13.3. The average Bonchev–Trinajstić information content (AvgIpc) is 3.41. The Morgan fingerprint density at radius 3 is 2.57 bits per heavy atom. The Kier molecular flexibility index (Phi) is 6.53. The molecule has 8 heteroatoms. The number of ether oxygens (including phenoxy) is 1. The standard InChI is InChI=1S/C22H27BrN4O3/c23-17-7-5-16(6-8-17)22(9-11-30-12-10-22)21(29)26-19-13-24-27(14-19)15-20(28)25-18-3-1-2-4-18/h5-8,13-14,18H,1-4,9-12,15H2,(H,25,28)(H,26,29). The van der Waals surface area contributed by atoms with Gasteiger partial charge >= 0.3 is 0 Å². The number of amides is 2. The first-order valence-electron chi connectivity index (χ1n) is 10.5. The van der Waals surface area contributed by atoms with Gasteiger partial charge in [-0.25, -0.2) is 0 Å². The molecule has 1 aliphatic carbocycles. The van der Waals surface area contributed by atoms with Gasteiger partial charge in [0.1, 0.15) is 6.54 Å². The van der Waals surface area contributed by atoms with E-state index in [9.17, 15) is 9.59 Å². The van der Waals surface area contributed by atoms with Gasteiger partial charge < -0.3 is 15.4 Å². The average molecular weight is 475 g/mol. The molecular formula is C22H27BrN4O3. The van der Waals surface area contributed by atoms with Crippen molar-refractivity contribution in [2.24, 2.45) is 0 Å². The second-order valence-electron chi connectivity index (χ2n) is 8.13. The quantitative estimate of drug-likeness (QED) is 0.671. The second-order valence-corrected chi connectivity index (χ2v) is 9.05. The van der Waals surface area contributed by atoms with Crippen molar-refractivity contribution < 1.29 is 14.3 Å². The molecule has 1 saturated carbocycles. The van der Waals surface area contributed by atoms with Crippen LogP contribution in [0.15, 0.2) is 41.1 Å². The van der Waals surface area contributed by atoms with Gasteiger partial charge in [0.2, 0.25) is 11.8 Å². The highest BCUT2D eigenvalue weighted by Gasteiger charge is 2.41. The highest BCUT2D eigenvalue weighted by Crippen LogP contribution is 2.36. The van der Waals surface area contributed by atoms with Gasteiger partial charge in [-0.15, -0.1) is 0 Å². The number of benzene rings is 1. The molecule has 4 rings (SSSR count). The van der Waals surface area contributed by atoms with Gasteiger partial charge in [0.25, 0.3) is 0 Å². The zero-order valence-electron chi connectivity index (χ0n) is 16.9. The van der Waals surface area contributed by atoms with Crippen LogP contribution in [0, 0.1) is 0 Å². The summed E-state index contributed by atoms with van der Waals surface area (Å²) in [5.41, 5.74) is 0.937. The van der Waals surface area contributed by atoms with Crippen LogP contribution >= 0.6 is 15.9 Å². The van der Waals surface area contributed by atoms with Gasteiger partial charge in [0.15, 0.2) is 0 Å². The number of rotatable bonds is 6. The summed E-state index contributed by atoms with van der Waals surface area (Å²) in [7, 11) is 0. The number of carbonyl (C=O) groups is 2. The van der Waals surface area contributed by atoms with Crippen molar-refractivity contribution in [2.75, 3.05) is 18.5 Å². The van der Waals surface area contributed by atoms with E-state index in [1.54, 1.807) is 17.1 Å². The zero-order chi connectivity index (χ0) is 21.0. The molecule has 2 fully saturated rings. The van der Waals surface area contributed by atoms with Crippen molar-refractivity contribution in [1.82, 2.24) is 15.1 Å². The van der Waals surface area contributed by atoms with Gasteiger partial charge in [-0.05, 0) is 43.4 Å². The summed E-state index contributed by atoms with van der Waals surface area (Å²) in [6.07, 6.45) is 9.00. The van der Waals surface area contributed by atoms with Gasteiger partial charge in [-0.2, -0.15) is 5.10 Å². The summed E-state index contributed by atoms with van der Waals surface area (Å²) in [5.74, 6) is -0.110. The number of carbonyl (C=O) groups excluding carboxylic acids is 2. The number of nitrogens with one attached hydrogen (secondary N) is 2. The first-order valence-corrected chi connectivity index (χ1v) is 11.3. The molecule has 1 aromatic carbocycles. The summed E-state index contributed by atoms with van der Waals surface area (Å²) >= 11 is 3.46. The predicted octanol–water partition coefficient (Wildman–Crippen LogP) is 3.39. The van der Waals surface area contributed by atoms with E-state index in [1.807, 2.05) is 24.3 Å². The third-order valence-electron chi connectivity index (χ3n) is 6.09. The molecule has 2 N–H and O–H groups in total. The van der Waals surface area contributed by atoms with Crippen LogP contribution in [0.2, 0.25) is 0 Å². The van der Waals surface area contributed by atoms with Crippen LogP contribution in [0.25, 0.3) is 0 Å². The van der Waals surface area contributed by atoms with Crippen molar-refractivity contribution >= 4 is 33.4 Å². The lowest BCUT2D eigenvalue weighted by molar-refractivity contribution is -0.125. The highest BCUT2D eigenvalue weighted by atomic mass is 79.9. The third-order valence-corrected chi connectivity index (χ3v) is 6.62. The number of nitrogens with zero attached hydrogens (tertiary/aromatic N) is 2. The largest absolute Gasteiger partial charge is 0.381 e. The predicted molar refractivity (Wildman–Crippen MR) is 117 cm³/mol. The smallest absolute Gasteiger partial charge is 0.241 e. The van der Waals surface area contributed by atoms with E-state index in [2.05, 4.69) is 31.7 Å². The lowest BCUT2D eigenvalue weighted by Gasteiger charge is -2.36. The van der Waals surface area contributed by atoms with E-state index in [1.165, 1.54) is 12.8 Å². The number of hydrogen-bond acceptors (Lipinski definition) is 4. The molecule has 2 aliphatic rings. The van der Waals surface area contributed by atoms with Crippen molar-refractivity contribution in [3.05, 3.63) is 46.7 Å². The Balaban J connectivity index is 1.43. The molecule has 2 aromatic rings. The Morgan fingerprint density at radius 1 is 1.17 bits per heavy atom. The summed E-state index contributed by atoms with van der Waals surface area (Å²) in [6, 6.07) is 8.19. The maximum Gasteiger partial charge on any atom is 0.241 e. The molecule has 0 unspecified atom stereocenters. The van der Waals surface area contributed by atoms with Crippen LogP contribution in [0.5, 0.6) is 0 Å². The second kappa shape index (κ2) is 9.31. The molecule has 1 saturated heterocycles. The van der Waals surface area contributed by atoms with E-state index < -0.39 is 5.41 Å².